The number of carbonyl (C=O) groups excluding carboxylic acids is 2. The van der Waals surface area contributed by atoms with Gasteiger partial charge >= 0.3 is 17.8 Å². The van der Waals surface area contributed by atoms with Crippen LogP contribution in [0.5, 0.6) is 0 Å². The molecule has 104 valence electrons. The first-order valence-electron chi connectivity index (χ1n) is 6.49. The molecule has 0 bridgehead atoms. The minimum absolute atomic E-state index is 0.358. The fraction of sp³-hybridized carbons (Fsp3) is 0.357. The van der Waals surface area contributed by atoms with E-state index in [-0.39, 0.29) is 0 Å². The fourth-order valence-corrected chi connectivity index (χ4v) is 2.65. The third-order valence-corrected chi connectivity index (χ3v) is 3.93. The number of anilines is 1. The highest BCUT2D eigenvalue weighted by atomic mass is 16.4. The fourth-order valence-electron chi connectivity index (χ4n) is 2.65. The molecule has 6 nitrogen and oxygen atoms in total. The van der Waals surface area contributed by atoms with Crippen molar-refractivity contribution in [3.63, 3.8) is 0 Å². The molecule has 1 heterocycles. The average molecular weight is 274 g/mol. The summed E-state index contributed by atoms with van der Waals surface area (Å²) in [4.78, 5) is 36.3. The van der Waals surface area contributed by atoms with Crippen LogP contribution in [0.25, 0.3) is 0 Å². The topological polar surface area (TPSA) is 86.7 Å². The lowest BCUT2D eigenvalue weighted by atomic mass is 9.93. The molecule has 0 spiro atoms. The standard InChI is InChI=1S/C14H14N2O4/c17-11-12(18)16(8-7-15-11)10-4-2-1-3-9(10)14(5-6-14)13(19)20/h1-4H,5-8H2,(H,15,17)(H,19,20). The second-order valence-corrected chi connectivity index (χ2v) is 5.12. The van der Waals surface area contributed by atoms with Crippen molar-refractivity contribution < 1.29 is 19.5 Å². The number of benzene rings is 1. The van der Waals surface area contributed by atoms with Gasteiger partial charge in [-0.2, -0.15) is 0 Å². The van der Waals surface area contributed by atoms with Gasteiger partial charge in [-0.25, -0.2) is 0 Å². The van der Waals surface area contributed by atoms with Crippen molar-refractivity contribution in [3.8, 4) is 0 Å². The molecular formula is C14H14N2O4. The molecule has 1 aliphatic heterocycles. The van der Waals surface area contributed by atoms with Crippen LogP contribution in [0.2, 0.25) is 0 Å². The molecule has 6 heteroatoms. The van der Waals surface area contributed by atoms with Crippen molar-refractivity contribution in [2.24, 2.45) is 0 Å². The minimum atomic E-state index is -0.898. The van der Waals surface area contributed by atoms with E-state index in [1.54, 1.807) is 24.3 Å². The molecule has 20 heavy (non-hydrogen) atoms. The molecule has 1 saturated heterocycles. The Hall–Kier alpha value is -2.37. The summed E-state index contributed by atoms with van der Waals surface area (Å²) in [6, 6.07) is 6.94. The number of carbonyl (C=O) groups is 3. The Morgan fingerprint density at radius 3 is 2.60 bits per heavy atom. The first kappa shape index (κ1) is 12.7. The molecule has 1 saturated carbocycles. The number of nitrogens with zero attached hydrogens (tertiary/aromatic N) is 1. The number of nitrogens with one attached hydrogen (secondary N) is 1. The maximum absolute atomic E-state index is 12.0. The predicted molar refractivity (Wildman–Crippen MR) is 70.4 cm³/mol. The van der Waals surface area contributed by atoms with Gasteiger partial charge in [0.15, 0.2) is 0 Å². The van der Waals surface area contributed by atoms with Gasteiger partial charge in [0.1, 0.15) is 0 Å². The first-order chi connectivity index (χ1) is 9.56. The molecule has 1 aliphatic carbocycles. The molecule has 2 amide bonds. The lowest BCUT2D eigenvalue weighted by Gasteiger charge is -2.29. The maximum atomic E-state index is 12.0. The van der Waals surface area contributed by atoms with E-state index in [0.717, 1.165) is 0 Å². The third-order valence-electron chi connectivity index (χ3n) is 3.93. The van der Waals surface area contributed by atoms with Crippen LogP contribution in [-0.2, 0) is 19.8 Å². The highest BCUT2D eigenvalue weighted by molar-refractivity contribution is 6.41. The second kappa shape index (κ2) is 4.33. The van der Waals surface area contributed by atoms with E-state index in [2.05, 4.69) is 5.32 Å². The predicted octanol–water partition coefficient (Wildman–Crippen LogP) is 0.266. The average Bonchev–Trinajstić information content (AvgIpc) is 3.23. The summed E-state index contributed by atoms with van der Waals surface area (Å²) in [5, 5.41) is 11.9. The van der Waals surface area contributed by atoms with Crippen molar-refractivity contribution >= 4 is 23.5 Å². The van der Waals surface area contributed by atoms with Gasteiger partial charge in [0.05, 0.1) is 5.41 Å². The second-order valence-electron chi connectivity index (χ2n) is 5.12. The Morgan fingerprint density at radius 2 is 1.95 bits per heavy atom. The molecule has 0 unspecified atom stereocenters. The molecule has 3 rings (SSSR count). The van der Waals surface area contributed by atoms with Gasteiger partial charge in [-0.05, 0) is 24.5 Å². The van der Waals surface area contributed by atoms with Crippen LogP contribution in [0.4, 0.5) is 5.69 Å². The van der Waals surface area contributed by atoms with Gasteiger partial charge in [-0.1, -0.05) is 18.2 Å². The van der Waals surface area contributed by atoms with Crippen molar-refractivity contribution in [3.05, 3.63) is 29.8 Å². The van der Waals surface area contributed by atoms with E-state index >= 15 is 0 Å². The summed E-state index contributed by atoms with van der Waals surface area (Å²) >= 11 is 0. The number of rotatable bonds is 3. The van der Waals surface area contributed by atoms with Gasteiger partial charge in [0.2, 0.25) is 0 Å². The molecule has 0 aromatic heterocycles. The Labute approximate surface area is 115 Å². The van der Waals surface area contributed by atoms with Crippen LogP contribution >= 0.6 is 0 Å². The van der Waals surface area contributed by atoms with Crippen molar-refractivity contribution in [2.45, 2.75) is 18.3 Å². The van der Waals surface area contributed by atoms with E-state index in [4.69, 9.17) is 0 Å². The van der Waals surface area contributed by atoms with Gasteiger partial charge in [-0.3, -0.25) is 14.4 Å². The quantitative estimate of drug-likeness (QED) is 0.774. The molecule has 2 N–H and O–H groups in total. The molecule has 1 aromatic rings. The Balaban J connectivity index is 2.05. The number of hydrogen-bond acceptors (Lipinski definition) is 3. The highest BCUT2D eigenvalue weighted by Crippen LogP contribution is 2.51. The molecular weight excluding hydrogens is 260 g/mol. The van der Waals surface area contributed by atoms with E-state index < -0.39 is 23.2 Å². The largest absolute Gasteiger partial charge is 0.481 e. The Bertz CT molecular complexity index is 607. The van der Waals surface area contributed by atoms with E-state index in [1.165, 1.54) is 4.90 Å². The number of aliphatic carboxylic acids is 1. The number of carboxylic acid groups (broad SMARTS) is 1. The number of amides is 2. The van der Waals surface area contributed by atoms with Gasteiger partial charge in [0, 0.05) is 18.8 Å². The van der Waals surface area contributed by atoms with Gasteiger partial charge < -0.3 is 15.3 Å². The number of piperazine rings is 1. The smallest absolute Gasteiger partial charge is 0.316 e. The third kappa shape index (κ3) is 1.76. The monoisotopic (exact) mass is 274 g/mol. The normalized spacial score (nSPS) is 20.5. The van der Waals surface area contributed by atoms with Crippen LogP contribution < -0.4 is 10.2 Å². The van der Waals surface area contributed by atoms with Crippen LogP contribution in [0.3, 0.4) is 0 Å². The first-order valence-corrected chi connectivity index (χ1v) is 6.49. The van der Waals surface area contributed by atoms with Crippen molar-refractivity contribution in [1.82, 2.24) is 5.32 Å². The SMILES string of the molecule is O=C1NCCN(c2ccccc2C2(C(=O)O)CC2)C1=O. The summed E-state index contributed by atoms with van der Waals surface area (Å²) in [5.74, 6) is -2.16. The summed E-state index contributed by atoms with van der Waals surface area (Å²) in [5.41, 5.74) is 0.257. The molecule has 0 radical (unpaired) electrons. The van der Waals surface area contributed by atoms with Crippen LogP contribution in [0, 0.1) is 0 Å². The van der Waals surface area contributed by atoms with Crippen molar-refractivity contribution in [1.29, 1.82) is 0 Å². The summed E-state index contributed by atoms with van der Waals surface area (Å²) < 4.78 is 0. The molecule has 0 atom stereocenters. The number of hydrogen-bond donors (Lipinski definition) is 2. The van der Waals surface area contributed by atoms with E-state index in [9.17, 15) is 19.5 Å². The van der Waals surface area contributed by atoms with Crippen LogP contribution in [-0.4, -0.2) is 36.0 Å². The lowest BCUT2D eigenvalue weighted by Crippen LogP contribution is -2.52. The minimum Gasteiger partial charge on any atom is -0.481 e. The summed E-state index contributed by atoms with van der Waals surface area (Å²) in [7, 11) is 0. The van der Waals surface area contributed by atoms with E-state index in [1.807, 2.05) is 0 Å². The zero-order chi connectivity index (χ0) is 14.3. The number of carboxylic acids is 1. The Morgan fingerprint density at radius 1 is 1.25 bits per heavy atom. The molecule has 2 fully saturated rings. The lowest BCUT2D eigenvalue weighted by molar-refractivity contribution is -0.140. The van der Waals surface area contributed by atoms with Crippen LogP contribution in [0.15, 0.2) is 24.3 Å². The number of para-hydroxylation sites is 1. The zero-order valence-corrected chi connectivity index (χ0v) is 10.8. The Kier molecular flexibility index (Phi) is 2.74. The zero-order valence-electron chi connectivity index (χ0n) is 10.8. The van der Waals surface area contributed by atoms with Crippen LogP contribution in [0.1, 0.15) is 18.4 Å². The van der Waals surface area contributed by atoms with Crippen molar-refractivity contribution in [2.75, 3.05) is 18.0 Å². The molecule has 2 aliphatic rings. The maximum Gasteiger partial charge on any atom is 0.316 e. The summed E-state index contributed by atoms with van der Waals surface area (Å²) in [6.07, 6.45) is 1.13. The van der Waals surface area contributed by atoms with Gasteiger partial charge in [0.25, 0.3) is 0 Å². The molecule has 1 aromatic carbocycles. The van der Waals surface area contributed by atoms with E-state index in [0.29, 0.717) is 37.2 Å². The van der Waals surface area contributed by atoms with Gasteiger partial charge in [-0.15, -0.1) is 0 Å². The summed E-state index contributed by atoms with van der Waals surface area (Å²) in [6.45, 7) is 0.732. The highest BCUT2D eigenvalue weighted by Gasteiger charge is 2.53.